The van der Waals surface area contributed by atoms with Crippen molar-refractivity contribution in [3.05, 3.63) is 34.1 Å². The second kappa shape index (κ2) is 11.1. The molecule has 10 nitrogen and oxygen atoms in total. The number of pyridine rings is 1. The van der Waals surface area contributed by atoms with Crippen molar-refractivity contribution in [3.8, 4) is 11.5 Å². The van der Waals surface area contributed by atoms with Crippen LogP contribution in [0, 0.1) is 5.92 Å². The lowest BCUT2D eigenvalue weighted by atomic mass is 9.97. The van der Waals surface area contributed by atoms with Crippen LogP contribution in [-0.4, -0.2) is 73.5 Å². The standard InChI is InChI=1S/C25H34N4O6/c1-4-16(3)22(25(32)26-6-7-28-8-10-33-11-9-28)27-24(31)18-14-29(5-2)19-13-21-20(34-15-35-21)12-17(19)23(18)30/h12-14,16,22H,4-11,15H2,1-3H3,(H,26,32)(H,27,31)/t16-,22-/m0/s1. The fourth-order valence-electron chi connectivity index (χ4n) is 4.40. The van der Waals surface area contributed by atoms with Crippen molar-refractivity contribution < 1.29 is 23.8 Å². The van der Waals surface area contributed by atoms with Gasteiger partial charge in [0.2, 0.25) is 18.1 Å². The zero-order valence-corrected chi connectivity index (χ0v) is 20.6. The highest BCUT2D eigenvalue weighted by Crippen LogP contribution is 2.35. The molecule has 0 bridgehead atoms. The summed E-state index contributed by atoms with van der Waals surface area (Å²) < 4.78 is 18.0. The minimum absolute atomic E-state index is 0.00682. The third-order valence-electron chi connectivity index (χ3n) is 6.77. The van der Waals surface area contributed by atoms with Crippen LogP contribution in [0.3, 0.4) is 0 Å². The molecule has 3 heterocycles. The number of morpholine rings is 1. The topological polar surface area (TPSA) is 111 Å². The van der Waals surface area contributed by atoms with Crippen LogP contribution in [0.1, 0.15) is 37.6 Å². The number of amides is 2. The van der Waals surface area contributed by atoms with Crippen LogP contribution in [-0.2, 0) is 16.1 Å². The van der Waals surface area contributed by atoms with Gasteiger partial charge in [-0.3, -0.25) is 19.3 Å². The molecular formula is C25H34N4O6. The van der Waals surface area contributed by atoms with Gasteiger partial charge in [-0.25, -0.2) is 0 Å². The van der Waals surface area contributed by atoms with E-state index < -0.39 is 17.4 Å². The van der Waals surface area contributed by atoms with Crippen LogP contribution in [0.5, 0.6) is 11.5 Å². The maximum absolute atomic E-state index is 13.3. The SMILES string of the molecule is CC[C@H](C)[C@H](NC(=O)c1cn(CC)c2cc3c(cc2c1=O)OCO3)C(=O)NCCN1CCOCC1. The summed E-state index contributed by atoms with van der Waals surface area (Å²) in [5.74, 6) is 0.130. The quantitative estimate of drug-likeness (QED) is 0.550. The van der Waals surface area contributed by atoms with Gasteiger partial charge in [0.15, 0.2) is 11.5 Å². The number of ether oxygens (including phenoxy) is 3. The molecule has 0 unspecified atom stereocenters. The van der Waals surface area contributed by atoms with E-state index in [0.29, 0.717) is 55.1 Å². The van der Waals surface area contributed by atoms with E-state index in [1.54, 1.807) is 18.3 Å². The number of rotatable bonds is 9. The largest absolute Gasteiger partial charge is 0.454 e. The molecule has 0 spiro atoms. The highest BCUT2D eigenvalue weighted by Gasteiger charge is 2.28. The summed E-state index contributed by atoms with van der Waals surface area (Å²) in [7, 11) is 0. The Labute approximate surface area is 204 Å². The van der Waals surface area contributed by atoms with E-state index in [0.717, 1.165) is 19.6 Å². The number of nitrogens with one attached hydrogen (secondary N) is 2. The Morgan fingerprint density at radius 3 is 2.51 bits per heavy atom. The first-order valence-corrected chi connectivity index (χ1v) is 12.3. The van der Waals surface area contributed by atoms with E-state index in [1.165, 1.54) is 0 Å². The van der Waals surface area contributed by atoms with Gasteiger partial charge in [0.05, 0.1) is 24.1 Å². The molecule has 4 rings (SSSR count). The fraction of sp³-hybridized carbons (Fsp3) is 0.560. The molecule has 2 aliphatic heterocycles. The Bertz CT molecular complexity index is 1140. The molecule has 2 atom stereocenters. The van der Waals surface area contributed by atoms with Crippen molar-refractivity contribution in [2.75, 3.05) is 46.2 Å². The molecular weight excluding hydrogens is 452 g/mol. The van der Waals surface area contributed by atoms with E-state index in [4.69, 9.17) is 14.2 Å². The van der Waals surface area contributed by atoms with Gasteiger partial charge in [-0.1, -0.05) is 20.3 Å². The zero-order valence-electron chi connectivity index (χ0n) is 20.6. The number of aryl methyl sites for hydroxylation is 1. The van der Waals surface area contributed by atoms with Gasteiger partial charge in [-0.15, -0.1) is 0 Å². The number of carbonyl (C=O) groups excluding carboxylic acids is 2. The normalized spacial score (nSPS) is 17.2. The van der Waals surface area contributed by atoms with E-state index in [-0.39, 0.29) is 24.2 Å². The molecule has 0 saturated carbocycles. The summed E-state index contributed by atoms with van der Waals surface area (Å²) in [5.41, 5.74) is 0.251. The number of benzene rings is 1. The Morgan fingerprint density at radius 1 is 1.11 bits per heavy atom. The summed E-state index contributed by atoms with van der Waals surface area (Å²) in [6.45, 7) is 10.7. The molecule has 1 aromatic heterocycles. The van der Waals surface area contributed by atoms with Gasteiger partial charge in [0, 0.05) is 45.0 Å². The highest BCUT2D eigenvalue weighted by molar-refractivity contribution is 6.00. The van der Waals surface area contributed by atoms with E-state index in [1.807, 2.05) is 25.3 Å². The van der Waals surface area contributed by atoms with Crippen LogP contribution in [0.4, 0.5) is 0 Å². The van der Waals surface area contributed by atoms with Gasteiger partial charge in [-0.05, 0) is 18.9 Å². The van der Waals surface area contributed by atoms with Gasteiger partial charge < -0.3 is 29.4 Å². The Kier molecular flexibility index (Phi) is 7.92. The van der Waals surface area contributed by atoms with Crippen molar-refractivity contribution in [1.82, 2.24) is 20.1 Å². The molecule has 2 amide bonds. The van der Waals surface area contributed by atoms with Crippen molar-refractivity contribution in [2.24, 2.45) is 5.92 Å². The predicted molar refractivity (Wildman–Crippen MR) is 131 cm³/mol. The van der Waals surface area contributed by atoms with Crippen LogP contribution in [0.2, 0.25) is 0 Å². The summed E-state index contributed by atoms with van der Waals surface area (Å²) >= 11 is 0. The maximum atomic E-state index is 13.3. The molecule has 0 radical (unpaired) electrons. The lowest BCUT2D eigenvalue weighted by Crippen LogP contribution is -2.52. The molecule has 0 aliphatic carbocycles. The second-order valence-corrected chi connectivity index (χ2v) is 8.96. The molecule has 2 aliphatic rings. The van der Waals surface area contributed by atoms with Gasteiger partial charge >= 0.3 is 0 Å². The van der Waals surface area contributed by atoms with Crippen molar-refractivity contribution in [2.45, 2.75) is 39.8 Å². The van der Waals surface area contributed by atoms with Gasteiger partial charge in [0.25, 0.3) is 5.91 Å². The average Bonchev–Trinajstić information content (AvgIpc) is 3.34. The number of hydrogen-bond acceptors (Lipinski definition) is 7. The lowest BCUT2D eigenvalue weighted by molar-refractivity contribution is -0.124. The first-order chi connectivity index (χ1) is 16.9. The molecule has 1 fully saturated rings. The second-order valence-electron chi connectivity index (χ2n) is 8.96. The van der Waals surface area contributed by atoms with Crippen molar-refractivity contribution >= 4 is 22.7 Å². The maximum Gasteiger partial charge on any atom is 0.257 e. The lowest BCUT2D eigenvalue weighted by Gasteiger charge is -2.27. The monoisotopic (exact) mass is 486 g/mol. The van der Waals surface area contributed by atoms with Crippen LogP contribution in [0.15, 0.2) is 23.1 Å². The number of carbonyl (C=O) groups is 2. The highest BCUT2D eigenvalue weighted by atomic mass is 16.7. The Balaban J connectivity index is 1.52. The Hall–Kier alpha value is -3.11. The minimum atomic E-state index is -0.751. The number of nitrogens with zero attached hydrogens (tertiary/aromatic N) is 2. The third kappa shape index (κ3) is 5.43. The van der Waals surface area contributed by atoms with Gasteiger partial charge in [-0.2, -0.15) is 0 Å². The summed E-state index contributed by atoms with van der Waals surface area (Å²) in [5, 5.41) is 6.15. The summed E-state index contributed by atoms with van der Waals surface area (Å²) in [6.07, 6.45) is 2.24. The molecule has 2 N–H and O–H groups in total. The average molecular weight is 487 g/mol. The zero-order chi connectivity index (χ0) is 24.9. The van der Waals surface area contributed by atoms with E-state index in [9.17, 15) is 14.4 Å². The summed E-state index contributed by atoms with van der Waals surface area (Å²) in [6, 6.07) is 2.63. The number of hydrogen-bond donors (Lipinski definition) is 2. The van der Waals surface area contributed by atoms with Gasteiger partial charge in [0.1, 0.15) is 11.6 Å². The van der Waals surface area contributed by atoms with E-state index >= 15 is 0 Å². The summed E-state index contributed by atoms with van der Waals surface area (Å²) in [4.78, 5) is 41.8. The fourth-order valence-corrected chi connectivity index (χ4v) is 4.40. The van der Waals surface area contributed by atoms with Crippen LogP contribution in [0.25, 0.3) is 10.9 Å². The number of aromatic nitrogens is 1. The third-order valence-corrected chi connectivity index (χ3v) is 6.77. The van der Waals surface area contributed by atoms with Crippen molar-refractivity contribution in [3.63, 3.8) is 0 Å². The minimum Gasteiger partial charge on any atom is -0.454 e. The van der Waals surface area contributed by atoms with E-state index in [2.05, 4.69) is 15.5 Å². The molecule has 1 saturated heterocycles. The first kappa shape index (κ1) is 25.0. The molecule has 2 aromatic rings. The number of fused-ring (bicyclic) bond motifs is 2. The van der Waals surface area contributed by atoms with Crippen LogP contribution < -0.4 is 25.5 Å². The molecule has 190 valence electrons. The molecule has 10 heteroatoms. The smallest absolute Gasteiger partial charge is 0.257 e. The van der Waals surface area contributed by atoms with Crippen LogP contribution >= 0.6 is 0 Å². The molecule has 35 heavy (non-hydrogen) atoms. The Morgan fingerprint density at radius 2 is 1.83 bits per heavy atom. The first-order valence-electron chi connectivity index (χ1n) is 12.3. The predicted octanol–water partition coefficient (Wildman–Crippen LogP) is 1.34. The molecule has 1 aromatic carbocycles. The van der Waals surface area contributed by atoms with Crippen molar-refractivity contribution in [1.29, 1.82) is 0 Å².